The minimum atomic E-state index is 0.606. The van der Waals surface area contributed by atoms with Crippen LogP contribution in [-0.4, -0.2) is 5.11 Å². The summed E-state index contributed by atoms with van der Waals surface area (Å²) in [4.78, 5) is 0. The van der Waals surface area contributed by atoms with E-state index in [1.54, 1.807) is 0 Å². The number of aryl methyl sites for hydroxylation is 2. The molecule has 19 heavy (non-hydrogen) atoms. The average molecular weight is 382 g/mol. The van der Waals surface area contributed by atoms with Gasteiger partial charge in [-0.1, -0.05) is 12.1 Å². The largest absolute Gasteiger partial charge is 0.332 e. The molecule has 0 aliphatic rings. The van der Waals surface area contributed by atoms with Gasteiger partial charge >= 0.3 is 0 Å². The first kappa shape index (κ1) is 14.3. The molecule has 2 rings (SSSR count). The Morgan fingerprint density at radius 3 is 2.37 bits per heavy atom. The molecule has 2 nitrogen and oxygen atoms in total. The second-order valence-corrected chi connectivity index (χ2v) is 6.06. The Hall–Kier alpha value is -1.14. The van der Waals surface area contributed by atoms with E-state index in [0.717, 1.165) is 11.4 Å². The molecule has 98 valence electrons. The Labute approximate surface area is 132 Å². The van der Waals surface area contributed by atoms with E-state index < -0.39 is 0 Å². The fraction of sp³-hybridized carbons (Fsp3) is 0.133. The summed E-state index contributed by atoms with van der Waals surface area (Å²) < 4.78 is 1.21. The van der Waals surface area contributed by atoms with Gasteiger partial charge in [0, 0.05) is 14.9 Å². The minimum absolute atomic E-state index is 0.606. The third kappa shape index (κ3) is 4.18. The first-order chi connectivity index (χ1) is 9.04. The van der Waals surface area contributed by atoms with Gasteiger partial charge < -0.3 is 10.6 Å². The molecule has 2 aromatic rings. The Balaban J connectivity index is 2.05. The van der Waals surface area contributed by atoms with Crippen molar-refractivity contribution in [2.24, 2.45) is 0 Å². The Morgan fingerprint density at radius 2 is 1.68 bits per heavy atom. The highest BCUT2D eigenvalue weighted by molar-refractivity contribution is 14.1. The van der Waals surface area contributed by atoms with Gasteiger partial charge in [0.05, 0.1) is 0 Å². The first-order valence-corrected chi connectivity index (χ1v) is 7.44. The molecule has 0 saturated carbocycles. The maximum atomic E-state index is 5.33. The average Bonchev–Trinajstić information content (AvgIpc) is 2.37. The number of thiocarbonyl (C=S) groups is 1. The molecular formula is C15H15IN2S. The van der Waals surface area contributed by atoms with E-state index in [1.807, 2.05) is 24.3 Å². The molecule has 4 heteroatoms. The molecule has 2 aromatic carbocycles. The van der Waals surface area contributed by atoms with Gasteiger partial charge in [-0.15, -0.1) is 0 Å². The lowest BCUT2D eigenvalue weighted by molar-refractivity contribution is 1.39. The van der Waals surface area contributed by atoms with E-state index in [0.29, 0.717) is 5.11 Å². The van der Waals surface area contributed by atoms with Crippen LogP contribution in [0.15, 0.2) is 42.5 Å². The van der Waals surface area contributed by atoms with Crippen molar-refractivity contribution in [2.75, 3.05) is 10.6 Å². The fourth-order valence-corrected chi connectivity index (χ4v) is 2.28. The smallest absolute Gasteiger partial charge is 0.175 e. The molecule has 2 N–H and O–H groups in total. The van der Waals surface area contributed by atoms with Crippen LogP contribution in [0.5, 0.6) is 0 Å². The predicted octanol–water partition coefficient (Wildman–Crippen LogP) is 4.72. The fourth-order valence-electron chi connectivity index (χ4n) is 1.69. The normalized spacial score (nSPS) is 10.1. The van der Waals surface area contributed by atoms with Crippen LogP contribution in [0.1, 0.15) is 11.1 Å². The predicted molar refractivity (Wildman–Crippen MR) is 94.9 cm³/mol. The van der Waals surface area contributed by atoms with E-state index in [2.05, 4.69) is 65.3 Å². The van der Waals surface area contributed by atoms with Gasteiger partial charge in [0.1, 0.15) is 0 Å². The van der Waals surface area contributed by atoms with Crippen molar-refractivity contribution < 1.29 is 0 Å². The molecule has 0 heterocycles. The van der Waals surface area contributed by atoms with Crippen molar-refractivity contribution in [1.82, 2.24) is 0 Å². The van der Waals surface area contributed by atoms with Crippen LogP contribution in [-0.2, 0) is 0 Å². The van der Waals surface area contributed by atoms with Gasteiger partial charge in [-0.05, 0) is 90.1 Å². The Bertz CT molecular complexity index is 594. The lowest BCUT2D eigenvalue weighted by Crippen LogP contribution is -2.19. The second kappa shape index (κ2) is 6.34. The molecule has 0 bridgehead atoms. The summed E-state index contributed by atoms with van der Waals surface area (Å²) in [5.41, 5.74) is 4.42. The molecule has 0 unspecified atom stereocenters. The van der Waals surface area contributed by atoms with Crippen LogP contribution in [0.25, 0.3) is 0 Å². The molecule has 0 saturated heterocycles. The highest BCUT2D eigenvalue weighted by Gasteiger charge is 2.02. The summed E-state index contributed by atoms with van der Waals surface area (Å²) in [6.45, 7) is 4.13. The number of anilines is 2. The van der Waals surface area contributed by atoms with Crippen LogP contribution in [0.2, 0.25) is 0 Å². The topological polar surface area (TPSA) is 24.1 Å². The monoisotopic (exact) mass is 382 g/mol. The van der Waals surface area contributed by atoms with E-state index in [9.17, 15) is 0 Å². The van der Waals surface area contributed by atoms with Crippen molar-refractivity contribution in [3.8, 4) is 0 Å². The number of benzene rings is 2. The molecule has 0 aliphatic heterocycles. The van der Waals surface area contributed by atoms with Crippen molar-refractivity contribution in [3.63, 3.8) is 0 Å². The van der Waals surface area contributed by atoms with E-state index in [-0.39, 0.29) is 0 Å². The zero-order chi connectivity index (χ0) is 13.8. The van der Waals surface area contributed by atoms with Gasteiger partial charge in [0.25, 0.3) is 0 Å². The Morgan fingerprint density at radius 1 is 1.00 bits per heavy atom. The van der Waals surface area contributed by atoms with Gasteiger partial charge in [-0.3, -0.25) is 0 Å². The molecule has 0 radical (unpaired) electrons. The van der Waals surface area contributed by atoms with E-state index in [1.165, 1.54) is 14.7 Å². The first-order valence-electron chi connectivity index (χ1n) is 5.95. The quantitative estimate of drug-likeness (QED) is 0.581. The lowest BCUT2D eigenvalue weighted by atomic mass is 10.1. The minimum Gasteiger partial charge on any atom is -0.332 e. The zero-order valence-electron chi connectivity index (χ0n) is 10.8. The van der Waals surface area contributed by atoms with Crippen LogP contribution < -0.4 is 10.6 Å². The number of rotatable bonds is 2. The number of nitrogens with one attached hydrogen (secondary N) is 2. The van der Waals surface area contributed by atoms with Gasteiger partial charge in [0.15, 0.2) is 5.11 Å². The molecule has 0 fully saturated rings. The molecule has 0 aliphatic carbocycles. The molecule has 0 aromatic heterocycles. The number of hydrogen-bond acceptors (Lipinski definition) is 1. The number of hydrogen-bond donors (Lipinski definition) is 2. The highest BCUT2D eigenvalue weighted by Crippen LogP contribution is 2.17. The molecule has 0 spiro atoms. The van der Waals surface area contributed by atoms with Gasteiger partial charge in [0.2, 0.25) is 0 Å². The maximum absolute atomic E-state index is 5.33. The van der Waals surface area contributed by atoms with Crippen molar-refractivity contribution in [1.29, 1.82) is 0 Å². The summed E-state index contributed by atoms with van der Waals surface area (Å²) in [5, 5.41) is 7.02. The molecule has 0 amide bonds. The third-order valence-electron chi connectivity index (χ3n) is 2.74. The molecular weight excluding hydrogens is 367 g/mol. The lowest BCUT2D eigenvalue weighted by Gasteiger charge is -2.13. The van der Waals surface area contributed by atoms with Crippen molar-refractivity contribution in [3.05, 3.63) is 57.2 Å². The van der Waals surface area contributed by atoms with Crippen LogP contribution in [0, 0.1) is 17.4 Å². The van der Waals surface area contributed by atoms with Crippen molar-refractivity contribution in [2.45, 2.75) is 13.8 Å². The van der Waals surface area contributed by atoms with Crippen LogP contribution in [0.4, 0.5) is 11.4 Å². The second-order valence-electron chi connectivity index (χ2n) is 4.40. The van der Waals surface area contributed by atoms with Crippen molar-refractivity contribution >= 4 is 51.3 Å². The van der Waals surface area contributed by atoms with Crippen LogP contribution in [0.3, 0.4) is 0 Å². The SMILES string of the molecule is Cc1ccc(C)c(NC(=S)Nc2ccc(I)cc2)c1. The molecule has 0 atom stereocenters. The summed E-state index contributed by atoms with van der Waals surface area (Å²) in [6, 6.07) is 14.4. The standard InChI is InChI=1S/C15H15IN2S/c1-10-3-4-11(2)14(9-10)18-15(19)17-13-7-5-12(16)6-8-13/h3-9H,1-2H3,(H2,17,18,19). The zero-order valence-corrected chi connectivity index (χ0v) is 13.8. The number of halogens is 1. The van der Waals surface area contributed by atoms with Gasteiger partial charge in [-0.25, -0.2) is 0 Å². The summed E-state index contributed by atoms with van der Waals surface area (Å²) in [7, 11) is 0. The Kier molecular flexibility index (Phi) is 4.76. The van der Waals surface area contributed by atoms with Gasteiger partial charge in [-0.2, -0.15) is 0 Å². The maximum Gasteiger partial charge on any atom is 0.175 e. The van der Waals surface area contributed by atoms with E-state index in [4.69, 9.17) is 12.2 Å². The summed E-state index contributed by atoms with van der Waals surface area (Å²) in [6.07, 6.45) is 0. The summed E-state index contributed by atoms with van der Waals surface area (Å²) in [5.74, 6) is 0. The van der Waals surface area contributed by atoms with Crippen LogP contribution >= 0.6 is 34.8 Å². The highest BCUT2D eigenvalue weighted by atomic mass is 127. The third-order valence-corrected chi connectivity index (χ3v) is 3.67. The van der Waals surface area contributed by atoms with E-state index >= 15 is 0 Å². The summed E-state index contributed by atoms with van der Waals surface area (Å²) >= 11 is 7.61.